The van der Waals surface area contributed by atoms with E-state index in [-0.39, 0.29) is 32.5 Å². The van der Waals surface area contributed by atoms with Crippen LogP contribution in [0.1, 0.15) is 0 Å². The van der Waals surface area contributed by atoms with Crippen molar-refractivity contribution in [2.24, 2.45) is 0 Å². The second kappa shape index (κ2) is 3.86. The second-order valence-electron chi connectivity index (χ2n) is 2.62. The van der Waals surface area contributed by atoms with Gasteiger partial charge < -0.3 is 0 Å². The zero-order chi connectivity index (χ0) is 9.97. The van der Waals surface area contributed by atoms with Crippen LogP contribution in [0, 0.1) is 0 Å². The summed E-state index contributed by atoms with van der Waals surface area (Å²) in [4.78, 5) is 23.8. The average Bonchev–Trinajstić information content (AvgIpc) is 2.45. The summed E-state index contributed by atoms with van der Waals surface area (Å²) >= 11 is -0.314. The number of amides is 2. The Morgan fingerprint density at radius 2 is 1.86 bits per heavy atom. The van der Waals surface area contributed by atoms with Gasteiger partial charge in [-0.05, 0) is 32.9 Å². The molecule has 0 saturated carbocycles. The molecule has 0 aliphatic carbocycles. The van der Waals surface area contributed by atoms with Crippen LogP contribution in [0.4, 0.5) is 0 Å². The van der Waals surface area contributed by atoms with E-state index in [1.165, 1.54) is 17.1 Å². The highest BCUT2D eigenvalue weighted by Gasteiger charge is 2.25. The fourth-order valence-electron chi connectivity index (χ4n) is 1.12. The molecule has 2 aliphatic rings. The van der Waals surface area contributed by atoms with E-state index in [2.05, 4.69) is 3.67 Å². The highest BCUT2D eigenvalue weighted by atomic mass is 127. The number of imide groups is 1. The molecule has 0 fully saturated rings. The molecule has 4 heteroatoms. The van der Waals surface area contributed by atoms with Gasteiger partial charge in [0.25, 0.3) is 11.8 Å². The molecular formula is C10H6INO2. The summed E-state index contributed by atoms with van der Waals surface area (Å²) in [5.41, 5.74) is 0.666. The van der Waals surface area contributed by atoms with E-state index in [0.717, 1.165) is 0 Å². The molecule has 3 nitrogen and oxygen atoms in total. The maximum atomic E-state index is 11.3. The molecule has 0 saturated heterocycles. The van der Waals surface area contributed by atoms with Crippen molar-refractivity contribution in [3.8, 4) is 0 Å². The Labute approximate surface area is 90.8 Å². The van der Waals surface area contributed by atoms with Crippen molar-refractivity contribution in [2.45, 2.75) is 0 Å². The summed E-state index contributed by atoms with van der Waals surface area (Å²) in [7, 11) is 0. The Balaban J connectivity index is 2.33. The molecule has 0 aromatic heterocycles. The molecular weight excluding hydrogens is 293 g/mol. The predicted molar refractivity (Wildman–Crippen MR) is 61.8 cm³/mol. The minimum absolute atomic E-state index is 0.267. The third-order valence-electron chi connectivity index (χ3n) is 1.72. The van der Waals surface area contributed by atoms with E-state index in [1.807, 2.05) is 10.2 Å². The Morgan fingerprint density at radius 1 is 1.14 bits per heavy atom. The maximum absolute atomic E-state index is 11.3. The third-order valence-corrected chi connectivity index (χ3v) is 3.39. The smallest absolute Gasteiger partial charge is 0.258 e. The lowest BCUT2D eigenvalue weighted by Gasteiger charge is -2.13. The molecule has 0 aromatic carbocycles. The fraction of sp³-hybridized carbons (Fsp3) is 0. The van der Waals surface area contributed by atoms with Gasteiger partial charge in [0.2, 0.25) is 0 Å². The fourth-order valence-corrected chi connectivity index (χ4v) is 2.52. The van der Waals surface area contributed by atoms with Crippen molar-refractivity contribution in [3.05, 3.63) is 40.2 Å². The molecule has 0 N–H and O–H groups in total. The van der Waals surface area contributed by atoms with E-state index in [1.54, 1.807) is 12.2 Å². The zero-order valence-electron chi connectivity index (χ0n) is 7.11. The van der Waals surface area contributed by atoms with Gasteiger partial charge in [0.05, 0.1) is 5.70 Å². The van der Waals surface area contributed by atoms with Gasteiger partial charge >= 0.3 is 0 Å². The highest BCUT2D eigenvalue weighted by molar-refractivity contribution is 14.2. The molecule has 0 atom stereocenters. The number of hydrogen-bond acceptors (Lipinski definition) is 2. The molecule has 2 amide bonds. The Kier molecular flexibility index (Phi) is 2.56. The molecule has 2 aliphatic heterocycles. The topological polar surface area (TPSA) is 37.4 Å². The van der Waals surface area contributed by atoms with Gasteiger partial charge in [0.15, 0.2) is 0 Å². The summed E-state index contributed by atoms with van der Waals surface area (Å²) in [5.74, 6) is -0.534. The van der Waals surface area contributed by atoms with Gasteiger partial charge in [-0.2, -0.15) is 0 Å². The lowest BCUT2D eigenvalue weighted by atomic mass is 10.3. The van der Waals surface area contributed by atoms with Gasteiger partial charge in [-0.3, -0.25) is 9.59 Å². The standard InChI is InChI=1S/C10H6INO2/c13-9-4-5-10(14)12(9)8-3-1-2-6-11-7-8/h1-5,7H. The van der Waals surface area contributed by atoms with Crippen molar-refractivity contribution in [1.82, 2.24) is 4.90 Å². The third kappa shape index (κ3) is 1.66. The Morgan fingerprint density at radius 3 is 2.57 bits per heavy atom. The van der Waals surface area contributed by atoms with Crippen LogP contribution in [-0.2, 0) is 9.59 Å². The largest absolute Gasteiger partial charge is 0.269 e. The lowest BCUT2D eigenvalue weighted by Crippen LogP contribution is -2.28. The molecule has 14 heavy (non-hydrogen) atoms. The van der Waals surface area contributed by atoms with E-state index >= 15 is 0 Å². The summed E-state index contributed by atoms with van der Waals surface area (Å²) in [6, 6.07) is 0. The van der Waals surface area contributed by atoms with Gasteiger partial charge in [0, 0.05) is 16.2 Å². The summed E-state index contributed by atoms with van der Waals surface area (Å²) < 4.78 is 4.99. The summed E-state index contributed by atoms with van der Waals surface area (Å²) in [5, 5.41) is 0. The van der Waals surface area contributed by atoms with Crippen molar-refractivity contribution in [3.63, 3.8) is 0 Å². The normalized spacial score (nSPS) is 19.7. The van der Waals surface area contributed by atoms with E-state index < -0.39 is 0 Å². The number of carbonyl (C=O) groups is 2. The van der Waals surface area contributed by atoms with Gasteiger partial charge in [-0.1, -0.05) is 9.74 Å². The molecule has 0 spiro atoms. The number of allylic oxidation sites excluding steroid dienone is 3. The van der Waals surface area contributed by atoms with Crippen LogP contribution in [0.5, 0.6) is 0 Å². The average molecular weight is 299 g/mol. The van der Waals surface area contributed by atoms with Gasteiger partial charge in [0.1, 0.15) is 0 Å². The van der Waals surface area contributed by atoms with Crippen molar-refractivity contribution in [1.29, 1.82) is 0 Å². The van der Waals surface area contributed by atoms with E-state index in [4.69, 9.17) is 0 Å². The summed E-state index contributed by atoms with van der Waals surface area (Å²) in [6.45, 7) is 0. The van der Waals surface area contributed by atoms with E-state index in [9.17, 15) is 9.59 Å². The first-order chi connectivity index (χ1) is 6.79. The molecule has 0 radical (unpaired) electrons. The monoisotopic (exact) mass is 299 g/mol. The van der Waals surface area contributed by atoms with Crippen LogP contribution < -0.4 is 0 Å². The molecule has 0 bridgehead atoms. The van der Waals surface area contributed by atoms with Crippen LogP contribution in [0.25, 0.3) is 0 Å². The van der Waals surface area contributed by atoms with Crippen molar-refractivity contribution >= 4 is 36.2 Å². The molecule has 2 heterocycles. The minimum Gasteiger partial charge on any atom is -0.269 e. The minimum atomic E-state index is -0.314. The second-order valence-corrected chi connectivity index (χ2v) is 4.49. The van der Waals surface area contributed by atoms with Crippen LogP contribution >= 0.6 is 20.7 Å². The first kappa shape index (κ1) is 9.30. The van der Waals surface area contributed by atoms with Crippen LogP contribution in [0.15, 0.2) is 40.2 Å². The Bertz CT molecular complexity index is 433. The Hall–Kier alpha value is -1.26. The predicted octanol–water partition coefficient (Wildman–Crippen LogP) is 1.25. The van der Waals surface area contributed by atoms with E-state index in [0.29, 0.717) is 5.70 Å². The number of nitrogens with zero attached hydrogens (tertiary/aromatic N) is 1. The van der Waals surface area contributed by atoms with Crippen LogP contribution in [0.2, 0.25) is 0 Å². The zero-order valence-corrected chi connectivity index (χ0v) is 9.26. The van der Waals surface area contributed by atoms with Gasteiger partial charge in [-0.15, -0.1) is 0 Å². The number of hydrogen-bond donors (Lipinski definition) is 0. The van der Waals surface area contributed by atoms with Crippen LogP contribution in [-0.4, -0.2) is 20.4 Å². The molecule has 70 valence electrons. The van der Waals surface area contributed by atoms with Crippen molar-refractivity contribution in [2.75, 3.05) is 0 Å². The van der Waals surface area contributed by atoms with Crippen molar-refractivity contribution < 1.29 is 9.59 Å². The first-order valence-electron chi connectivity index (χ1n) is 3.93. The molecule has 2 rings (SSSR count). The highest BCUT2D eigenvalue weighted by Crippen LogP contribution is 2.18. The summed E-state index contributed by atoms with van der Waals surface area (Å²) in [6.07, 6.45) is 7.93. The number of halogens is 1. The SMILES string of the molecule is O=C1C=CC(=O)N1C1=CI=C=CC=C1. The molecule has 0 unspecified atom stereocenters. The maximum Gasteiger partial charge on any atom is 0.258 e. The van der Waals surface area contributed by atoms with Crippen LogP contribution in [0.3, 0.4) is 0 Å². The quantitative estimate of drug-likeness (QED) is 0.540. The molecule has 0 aromatic rings. The number of rotatable bonds is 1. The first-order valence-corrected chi connectivity index (χ1v) is 6.25. The number of carbonyl (C=O) groups excluding carboxylic acids is 2. The lowest BCUT2D eigenvalue weighted by molar-refractivity contribution is -0.134. The van der Waals surface area contributed by atoms with Gasteiger partial charge in [-0.25, -0.2) is 4.90 Å².